The molecule has 0 aromatic heterocycles. The van der Waals surface area contributed by atoms with E-state index in [-0.39, 0.29) is 17.1 Å². The lowest BCUT2D eigenvalue weighted by Gasteiger charge is -2.17. The van der Waals surface area contributed by atoms with E-state index in [1.807, 2.05) is 37.2 Å². The fourth-order valence-electron chi connectivity index (χ4n) is 3.02. The lowest BCUT2D eigenvalue weighted by atomic mass is 10.1. The zero-order chi connectivity index (χ0) is 20.3. The molecule has 3 aromatic rings. The number of benzene rings is 3. The van der Waals surface area contributed by atoms with Gasteiger partial charge in [0.25, 0.3) is 10.0 Å². The van der Waals surface area contributed by atoms with Crippen LogP contribution in [0.1, 0.15) is 17.3 Å². The summed E-state index contributed by atoms with van der Waals surface area (Å²) in [6.45, 7) is 1.96. The second-order valence-corrected chi connectivity index (χ2v) is 8.08. The SMILES string of the molecule is CCOC(=O)c1cccc(NS(=O)(=O)c2cccc3c(N(C)C)cccc23)c1. The van der Waals surface area contributed by atoms with Gasteiger partial charge in [0.15, 0.2) is 0 Å². The first-order valence-corrected chi connectivity index (χ1v) is 10.3. The van der Waals surface area contributed by atoms with Crippen LogP contribution in [0.25, 0.3) is 10.8 Å². The van der Waals surface area contributed by atoms with Crippen molar-refractivity contribution >= 4 is 38.1 Å². The maximum atomic E-state index is 13.1. The summed E-state index contributed by atoms with van der Waals surface area (Å²) in [6.07, 6.45) is 0. The van der Waals surface area contributed by atoms with Crippen LogP contribution in [0.2, 0.25) is 0 Å². The van der Waals surface area contributed by atoms with Crippen molar-refractivity contribution in [3.8, 4) is 0 Å². The summed E-state index contributed by atoms with van der Waals surface area (Å²) in [6, 6.07) is 17.0. The molecule has 0 aliphatic carbocycles. The van der Waals surface area contributed by atoms with Crippen molar-refractivity contribution in [2.24, 2.45) is 0 Å². The van der Waals surface area contributed by atoms with E-state index in [2.05, 4.69) is 4.72 Å². The van der Waals surface area contributed by atoms with Gasteiger partial charge < -0.3 is 9.64 Å². The van der Waals surface area contributed by atoms with Crippen LogP contribution in [-0.4, -0.2) is 35.1 Å². The fraction of sp³-hybridized carbons (Fsp3) is 0.190. The Balaban J connectivity index is 2.02. The normalized spacial score (nSPS) is 11.2. The number of carbonyl (C=O) groups excluding carboxylic acids is 1. The Bertz CT molecular complexity index is 1120. The lowest BCUT2D eigenvalue weighted by molar-refractivity contribution is 0.0526. The van der Waals surface area contributed by atoms with Crippen molar-refractivity contribution in [1.82, 2.24) is 0 Å². The molecule has 3 aromatic carbocycles. The van der Waals surface area contributed by atoms with E-state index >= 15 is 0 Å². The number of hydrogen-bond acceptors (Lipinski definition) is 5. The number of rotatable bonds is 6. The van der Waals surface area contributed by atoms with Gasteiger partial charge in [-0.05, 0) is 37.3 Å². The van der Waals surface area contributed by atoms with E-state index in [1.165, 1.54) is 6.07 Å². The lowest BCUT2D eigenvalue weighted by Crippen LogP contribution is -2.15. The fourth-order valence-corrected chi connectivity index (χ4v) is 4.30. The molecule has 3 rings (SSSR count). The van der Waals surface area contributed by atoms with E-state index in [0.717, 1.165) is 11.1 Å². The van der Waals surface area contributed by atoms with Crippen LogP contribution >= 0.6 is 0 Å². The number of anilines is 2. The van der Waals surface area contributed by atoms with Crippen molar-refractivity contribution in [2.45, 2.75) is 11.8 Å². The van der Waals surface area contributed by atoms with E-state index in [9.17, 15) is 13.2 Å². The van der Waals surface area contributed by atoms with Crippen LogP contribution in [0.5, 0.6) is 0 Å². The molecule has 0 fully saturated rings. The number of esters is 1. The van der Waals surface area contributed by atoms with E-state index in [1.54, 1.807) is 43.3 Å². The Morgan fingerprint density at radius 2 is 1.68 bits per heavy atom. The molecule has 0 radical (unpaired) electrons. The number of nitrogens with one attached hydrogen (secondary N) is 1. The molecule has 0 spiro atoms. The van der Waals surface area contributed by atoms with Gasteiger partial charge in [0, 0.05) is 36.2 Å². The summed E-state index contributed by atoms with van der Waals surface area (Å²) in [5.74, 6) is -0.496. The summed E-state index contributed by atoms with van der Waals surface area (Å²) >= 11 is 0. The molecule has 0 aliphatic rings. The first-order valence-electron chi connectivity index (χ1n) is 8.82. The predicted molar refractivity (Wildman–Crippen MR) is 111 cm³/mol. The van der Waals surface area contributed by atoms with Gasteiger partial charge in [-0.1, -0.05) is 30.3 Å². The summed E-state index contributed by atoms with van der Waals surface area (Å²) in [4.78, 5) is 14.0. The first-order chi connectivity index (χ1) is 13.3. The van der Waals surface area contributed by atoms with E-state index < -0.39 is 16.0 Å². The van der Waals surface area contributed by atoms with Gasteiger partial charge in [0.2, 0.25) is 0 Å². The highest BCUT2D eigenvalue weighted by atomic mass is 32.2. The Hall–Kier alpha value is -3.06. The van der Waals surface area contributed by atoms with Crippen LogP contribution < -0.4 is 9.62 Å². The number of fused-ring (bicyclic) bond motifs is 1. The topological polar surface area (TPSA) is 75.7 Å². The Morgan fingerprint density at radius 1 is 1.00 bits per heavy atom. The smallest absolute Gasteiger partial charge is 0.338 e. The molecule has 0 unspecified atom stereocenters. The van der Waals surface area contributed by atoms with Gasteiger partial charge in [-0.2, -0.15) is 0 Å². The highest BCUT2D eigenvalue weighted by Gasteiger charge is 2.19. The summed E-state index contributed by atoms with van der Waals surface area (Å²) in [5.41, 5.74) is 1.51. The van der Waals surface area contributed by atoms with Crippen LogP contribution in [0.15, 0.2) is 65.6 Å². The molecule has 28 heavy (non-hydrogen) atoms. The zero-order valence-electron chi connectivity index (χ0n) is 16.0. The standard InChI is InChI=1S/C21H22N2O4S/c1-4-27-21(24)15-8-5-9-16(14-15)22-28(25,26)20-13-7-10-17-18(20)11-6-12-19(17)23(2)3/h5-14,22H,4H2,1-3H3. The van der Waals surface area contributed by atoms with Crippen molar-refractivity contribution in [1.29, 1.82) is 0 Å². The third-order valence-corrected chi connectivity index (χ3v) is 5.70. The highest BCUT2D eigenvalue weighted by Crippen LogP contribution is 2.31. The van der Waals surface area contributed by atoms with Gasteiger partial charge in [-0.15, -0.1) is 0 Å². The maximum Gasteiger partial charge on any atom is 0.338 e. The summed E-state index contributed by atoms with van der Waals surface area (Å²) in [5, 5.41) is 1.47. The van der Waals surface area contributed by atoms with Crippen LogP contribution in [0.3, 0.4) is 0 Å². The molecule has 1 N–H and O–H groups in total. The number of hydrogen-bond donors (Lipinski definition) is 1. The molecule has 146 valence electrons. The Kier molecular flexibility index (Phi) is 5.56. The van der Waals surface area contributed by atoms with Gasteiger partial charge >= 0.3 is 5.97 Å². The minimum atomic E-state index is -3.86. The third kappa shape index (κ3) is 3.94. The minimum Gasteiger partial charge on any atom is -0.462 e. The number of ether oxygens (including phenoxy) is 1. The molecule has 0 saturated carbocycles. The quantitative estimate of drug-likeness (QED) is 0.638. The molecule has 0 amide bonds. The molecular weight excluding hydrogens is 376 g/mol. The molecule has 0 bridgehead atoms. The van der Waals surface area contributed by atoms with E-state index in [0.29, 0.717) is 11.1 Å². The van der Waals surface area contributed by atoms with Crippen molar-refractivity contribution in [3.05, 3.63) is 66.2 Å². The average Bonchev–Trinajstić information content (AvgIpc) is 2.67. The second kappa shape index (κ2) is 7.90. The van der Waals surface area contributed by atoms with Crippen LogP contribution in [0, 0.1) is 0 Å². The number of sulfonamides is 1. The summed E-state index contributed by atoms with van der Waals surface area (Å²) in [7, 11) is -0.0342. The van der Waals surface area contributed by atoms with Gasteiger partial charge in [0.1, 0.15) is 0 Å². The molecular formula is C21H22N2O4S. The third-order valence-electron chi connectivity index (χ3n) is 4.26. The Labute approximate surface area is 164 Å². The monoisotopic (exact) mass is 398 g/mol. The largest absolute Gasteiger partial charge is 0.462 e. The van der Waals surface area contributed by atoms with Crippen molar-refractivity contribution in [3.63, 3.8) is 0 Å². The van der Waals surface area contributed by atoms with Crippen LogP contribution in [0.4, 0.5) is 11.4 Å². The molecule has 0 atom stereocenters. The van der Waals surface area contributed by atoms with Crippen molar-refractivity contribution in [2.75, 3.05) is 30.3 Å². The van der Waals surface area contributed by atoms with Gasteiger partial charge in [0.05, 0.1) is 17.1 Å². The molecule has 0 saturated heterocycles. The van der Waals surface area contributed by atoms with E-state index in [4.69, 9.17) is 4.74 Å². The molecule has 0 aliphatic heterocycles. The molecule has 6 nitrogen and oxygen atoms in total. The zero-order valence-corrected chi connectivity index (χ0v) is 16.8. The van der Waals surface area contributed by atoms with Crippen molar-refractivity contribution < 1.29 is 17.9 Å². The van der Waals surface area contributed by atoms with Gasteiger partial charge in [-0.25, -0.2) is 13.2 Å². The predicted octanol–water partition coefficient (Wildman–Crippen LogP) is 3.88. The minimum absolute atomic E-state index is 0.176. The maximum absolute atomic E-state index is 13.1. The first kappa shape index (κ1) is 19.7. The summed E-state index contributed by atoms with van der Waals surface area (Å²) < 4.78 is 33.7. The number of carbonyl (C=O) groups is 1. The molecule has 0 heterocycles. The Morgan fingerprint density at radius 3 is 2.39 bits per heavy atom. The average molecular weight is 398 g/mol. The number of nitrogens with zero attached hydrogens (tertiary/aromatic N) is 1. The second-order valence-electron chi connectivity index (χ2n) is 6.43. The van der Waals surface area contributed by atoms with Gasteiger partial charge in [-0.3, -0.25) is 4.72 Å². The van der Waals surface area contributed by atoms with Crippen LogP contribution in [-0.2, 0) is 14.8 Å². The molecule has 7 heteroatoms. The highest BCUT2D eigenvalue weighted by molar-refractivity contribution is 7.93.